The van der Waals surface area contributed by atoms with Gasteiger partial charge in [-0.3, -0.25) is 9.97 Å². The lowest BCUT2D eigenvalue weighted by Crippen LogP contribution is -2.34. The average Bonchev–Trinajstić information content (AvgIpc) is 3.41. The van der Waals surface area contributed by atoms with Crippen LogP contribution in [0.1, 0.15) is 45.4 Å². The average molecular weight is 687 g/mol. The Bertz CT molecular complexity index is 1940. The van der Waals surface area contributed by atoms with Crippen molar-refractivity contribution in [2.75, 3.05) is 52.6 Å². The fourth-order valence-electron chi connectivity index (χ4n) is 5.84. The molecule has 0 aliphatic carbocycles. The van der Waals surface area contributed by atoms with Gasteiger partial charge in [-0.2, -0.15) is 4.31 Å². The summed E-state index contributed by atoms with van der Waals surface area (Å²) in [5, 5.41) is 6.95. The zero-order valence-electron chi connectivity index (χ0n) is 28.8. The van der Waals surface area contributed by atoms with Gasteiger partial charge in [-0.1, -0.05) is 18.2 Å². The molecular formula is C38H46N4O6S. The summed E-state index contributed by atoms with van der Waals surface area (Å²) >= 11 is 0. The standard InChI is InChI=1S/C24H29NO4.C14H17N3O2S/c1-5-26-21-10-9-17(14-22(21)27-6-2)13-20-19-16-24(29-8-4)23(28-7-3)15-18(19)11-12-25-20;18-20(19,17-9-2-6-15-8-10-17)14-4-1-3-12-11-16-7-5-13(12)14/h9-12,14-16H,5-8,13H2,1-4H3;1,3-5,7,11,15H,2,6,8-10H2. The molecule has 0 unspecified atom stereocenters. The Balaban J connectivity index is 0.000000204. The van der Waals surface area contributed by atoms with Gasteiger partial charge in [0.25, 0.3) is 0 Å². The van der Waals surface area contributed by atoms with Crippen molar-refractivity contribution in [3.63, 3.8) is 0 Å². The molecule has 0 bridgehead atoms. The van der Waals surface area contributed by atoms with Crippen LogP contribution in [0.2, 0.25) is 0 Å². The molecule has 5 aromatic rings. The van der Waals surface area contributed by atoms with Gasteiger partial charge in [0.1, 0.15) is 0 Å². The smallest absolute Gasteiger partial charge is 0.243 e. The minimum absolute atomic E-state index is 0.374. The zero-order chi connectivity index (χ0) is 34.6. The zero-order valence-corrected chi connectivity index (χ0v) is 29.6. The molecule has 0 radical (unpaired) electrons. The third-order valence-corrected chi connectivity index (χ3v) is 10.0. The van der Waals surface area contributed by atoms with E-state index in [-0.39, 0.29) is 0 Å². The number of ether oxygens (including phenoxy) is 4. The number of hydrogen-bond donors (Lipinski definition) is 1. The van der Waals surface area contributed by atoms with Gasteiger partial charge in [-0.05, 0) is 94.1 Å². The highest BCUT2D eigenvalue weighted by Gasteiger charge is 2.26. The minimum Gasteiger partial charge on any atom is -0.490 e. The van der Waals surface area contributed by atoms with E-state index in [0.717, 1.165) is 68.8 Å². The predicted molar refractivity (Wildman–Crippen MR) is 194 cm³/mol. The molecule has 0 spiro atoms. The van der Waals surface area contributed by atoms with Crippen LogP contribution in [-0.2, 0) is 16.4 Å². The van der Waals surface area contributed by atoms with Gasteiger partial charge in [0.15, 0.2) is 23.0 Å². The van der Waals surface area contributed by atoms with Crippen LogP contribution in [0.15, 0.2) is 84.1 Å². The number of nitrogens with one attached hydrogen (secondary N) is 1. The molecule has 0 amide bonds. The molecule has 6 rings (SSSR count). The molecule has 1 aliphatic heterocycles. The molecule has 260 valence electrons. The van der Waals surface area contributed by atoms with E-state index < -0.39 is 10.0 Å². The lowest BCUT2D eigenvalue weighted by molar-refractivity contribution is 0.287. The van der Waals surface area contributed by atoms with Crippen LogP contribution >= 0.6 is 0 Å². The normalized spacial score (nSPS) is 13.7. The van der Waals surface area contributed by atoms with Crippen LogP contribution in [0, 0.1) is 0 Å². The maximum atomic E-state index is 12.8. The van der Waals surface area contributed by atoms with Gasteiger partial charge in [-0.25, -0.2) is 8.42 Å². The Kier molecular flexibility index (Phi) is 12.6. The molecule has 10 nitrogen and oxygen atoms in total. The number of aromatic nitrogens is 2. The van der Waals surface area contributed by atoms with Crippen LogP contribution in [0.3, 0.4) is 0 Å². The number of fused-ring (bicyclic) bond motifs is 2. The van der Waals surface area contributed by atoms with Gasteiger partial charge in [0, 0.05) is 60.8 Å². The summed E-state index contributed by atoms with van der Waals surface area (Å²) < 4.78 is 50.2. The maximum absolute atomic E-state index is 12.8. The number of hydrogen-bond acceptors (Lipinski definition) is 9. The van der Waals surface area contributed by atoms with Gasteiger partial charge < -0.3 is 24.3 Å². The summed E-state index contributed by atoms with van der Waals surface area (Å²) in [7, 11) is -3.45. The minimum atomic E-state index is -3.45. The van der Waals surface area contributed by atoms with E-state index in [1.807, 2.05) is 70.3 Å². The molecule has 3 heterocycles. The van der Waals surface area contributed by atoms with E-state index in [4.69, 9.17) is 18.9 Å². The Morgan fingerprint density at radius 2 is 1.43 bits per heavy atom. The predicted octanol–water partition coefficient (Wildman–Crippen LogP) is 6.64. The number of benzene rings is 3. The molecule has 49 heavy (non-hydrogen) atoms. The van der Waals surface area contributed by atoms with Gasteiger partial charge in [0.2, 0.25) is 10.0 Å². The first kappa shape index (κ1) is 35.8. The van der Waals surface area contributed by atoms with Crippen molar-refractivity contribution in [3.8, 4) is 23.0 Å². The monoisotopic (exact) mass is 686 g/mol. The van der Waals surface area contributed by atoms with Crippen molar-refractivity contribution in [1.29, 1.82) is 0 Å². The molecule has 1 saturated heterocycles. The van der Waals surface area contributed by atoms with Crippen molar-refractivity contribution < 1.29 is 27.4 Å². The van der Waals surface area contributed by atoms with Crippen molar-refractivity contribution in [2.24, 2.45) is 0 Å². The van der Waals surface area contributed by atoms with Crippen LogP contribution in [0.25, 0.3) is 21.5 Å². The highest BCUT2D eigenvalue weighted by Crippen LogP contribution is 2.35. The molecule has 1 N–H and O–H groups in total. The fraction of sp³-hybridized carbons (Fsp3) is 0.368. The SMILES string of the molecule is CCOc1ccc(Cc2nccc3cc(OCC)c(OCC)cc23)cc1OCC.O=S(=O)(c1cccc2cnccc12)N1CCCNCC1. The maximum Gasteiger partial charge on any atom is 0.243 e. The van der Waals surface area contributed by atoms with Crippen LogP contribution in [0.5, 0.6) is 23.0 Å². The summed E-state index contributed by atoms with van der Waals surface area (Å²) in [6.07, 6.45) is 6.68. The molecule has 3 aromatic carbocycles. The molecular weight excluding hydrogens is 641 g/mol. The number of pyridine rings is 2. The third kappa shape index (κ3) is 8.78. The quantitative estimate of drug-likeness (QED) is 0.154. The summed E-state index contributed by atoms with van der Waals surface area (Å²) in [5.74, 6) is 3.04. The van der Waals surface area contributed by atoms with Crippen molar-refractivity contribution >= 4 is 31.6 Å². The summed E-state index contributed by atoms with van der Waals surface area (Å²) in [6.45, 7) is 12.9. The third-order valence-electron chi connectivity index (χ3n) is 8.05. The first-order valence-corrected chi connectivity index (χ1v) is 18.4. The first-order chi connectivity index (χ1) is 23.9. The van der Waals surface area contributed by atoms with E-state index in [2.05, 4.69) is 21.4 Å². The number of rotatable bonds is 12. The van der Waals surface area contributed by atoms with Crippen LogP contribution in [-0.4, -0.2) is 75.3 Å². The van der Waals surface area contributed by atoms with Gasteiger partial charge in [-0.15, -0.1) is 0 Å². The second kappa shape index (κ2) is 17.3. The van der Waals surface area contributed by atoms with Crippen molar-refractivity contribution in [1.82, 2.24) is 19.6 Å². The largest absolute Gasteiger partial charge is 0.490 e. The summed E-state index contributed by atoms with van der Waals surface area (Å²) in [5.41, 5.74) is 2.10. The van der Waals surface area contributed by atoms with E-state index in [0.29, 0.717) is 57.4 Å². The summed E-state index contributed by atoms with van der Waals surface area (Å²) in [6, 6.07) is 19.2. The van der Waals surface area contributed by atoms with Crippen molar-refractivity contribution in [3.05, 3.63) is 90.5 Å². The Morgan fingerprint density at radius 1 is 0.714 bits per heavy atom. The Morgan fingerprint density at radius 3 is 2.18 bits per heavy atom. The molecule has 1 fully saturated rings. The van der Waals surface area contributed by atoms with E-state index in [1.165, 1.54) is 0 Å². The lowest BCUT2D eigenvalue weighted by Gasteiger charge is -2.20. The number of sulfonamides is 1. The lowest BCUT2D eigenvalue weighted by atomic mass is 10.0. The topological polar surface area (TPSA) is 112 Å². The number of nitrogens with zero attached hydrogens (tertiary/aromatic N) is 3. The van der Waals surface area contributed by atoms with Gasteiger partial charge in [0.05, 0.1) is 37.0 Å². The van der Waals surface area contributed by atoms with E-state index >= 15 is 0 Å². The summed E-state index contributed by atoms with van der Waals surface area (Å²) in [4.78, 5) is 9.06. The van der Waals surface area contributed by atoms with Gasteiger partial charge >= 0.3 is 0 Å². The molecule has 11 heteroatoms. The highest BCUT2D eigenvalue weighted by atomic mass is 32.2. The van der Waals surface area contributed by atoms with Crippen LogP contribution < -0.4 is 24.3 Å². The van der Waals surface area contributed by atoms with E-state index in [9.17, 15) is 8.42 Å². The van der Waals surface area contributed by atoms with E-state index in [1.54, 1.807) is 34.9 Å². The Hall–Kier alpha value is -4.45. The van der Waals surface area contributed by atoms with Crippen molar-refractivity contribution in [2.45, 2.75) is 45.4 Å². The molecule has 1 aliphatic rings. The molecule has 2 aromatic heterocycles. The molecule has 0 atom stereocenters. The molecule has 0 saturated carbocycles. The second-order valence-corrected chi connectivity index (χ2v) is 13.2. The first-order valence-electron chi connectivity index (χ1n) is 17.0. The fourth-order valence-corrected chi connectivity index (χ4v) is 7.53. The van der Waals surface area contributed by atoms with Crippen LogP contribution in [0.4, 0.5) is 0 Å². The highest BCUT2D eigenvalue weighted by molar-refractivity contribution is 7.89. The Labute approximate surface area is 289 Å². The second-order valence-electron chi connectivity index (χ2n) is 11.3.